The zero-order valence-electron chi connectivity index (χ0n) is 11.0. The second-order valence-corrected chi connectivity index (χ2v) is 5.86. The number of carboxylic acid groups (broad SMARTS) is 1. The van der Waals surface area contributed by atoms with E-state index in [1.807, 2.05) is 18.2 Å². The van der Waals surface area contributed by atoms with Crippen LogP contribution in [-0.2, 0) is 9.59 Å². The summed E-state index contributed by atoms with van der Waals surface area (Å²) in [6.07, 6.45) is 1.73. The number of benzene rings is 1. The summed E-state index contributed by atoms with van der Waals surface area (Å²) in [4.78, 5) is 25.2. The molecule has 5 heteroatoms. The summed E-state index contributed by atoms with van der Waals surface area (Å²) in [5.74, 6) is -0.703. The van der Waals surface area contributed by atoms with E-state index in [2.05, 4.69) is 11.4 Å². The Kier molecular flexibility index (Phi) is 2.34. The van der Waals surface area contributed by atoms with E-state index in [1.165, 1.54) is 5.56 Å². The third-order valence-corrected chi connectivity index (χ3v) is 4.93. The van der Waals surface area contributed by atoms with Gasteiger partial charge in [-0.2, -0.15) is 0 Å². The number of aliphatic carboxylic acids is 1. The average Bonchev–Trinajstić information content (AvgIpc) is 2.99. The number of amides is 1. The number of anilines is 1. The van der Waals surface area contributed by atoms with Crippen molar-refractivity contribution >= 4 is 17.6 Å². The topological polar surface area (TPSA) is 69.6 Å². The van der Waals surface area contributed by atoms with Gasteiger partial charge in [0.25, 0.3) is 0 Å². The van der Waals surface area contributed by atoms with E-state index in [4.69, 9.17) is 0 Å². The number of carboxylic acids is 1. The lowest BCUT2D eigenvalue weighted by atomic mass is 9.80. The minimum Gasteiger partial charge on any atom is -0.480 e. The highest BCUT2D eigenvalue weighted by Crippen LogP contribution is 2.47. The molecule has 3 aliphatic rings. The highest BCUT2D eigenvalue weighted by Gasteiger charge is 2.53. The second kappa shape index (κ2) is 3.98. The first-order valence-corrected chi connectivity index (χ1v) is 7.06. The van der Waals surface area contributed by atoms with Crippen molar-refractivity contribution in [3.8, 4) is 0 Å². The Bertz CT molecular complexity index is 601. The summed E-state index contributed by atoms with van der Waals surface area (Å²) in [7, 11) is 0. The summed E-state index contributed by atoms with van der Waals surface area (Å²) in [6, 6.07) is 7.57. The Labute approximate surface area is 116 Å². The lowest BCUT2D eigenvalue weighted by Gasteiger charge is -2.42. The molecule has 4 atom stereocenters. The van der Waals surface area contributed by atoms with Gasteiger partial charge in [-0.1, -0.05) is 18.2 Å². The fourth-order valence-electron chi connectivity index (χ4n) is 4.12. The number of para-hydroxylation sites is 1. The van der Waals surface area contributed by atoms with E-state index in [0.717, 1.165) is 12.1 Å². The van der Waals surface area contributed by atoms with Gasteiger partial charge in [0.05, 0.1) is 12.1 Å². The van der Waals surface area contributed by atoms with Gasteiger partial charge in [-0.3, -0.25) is 4.79 Å². The van der Waals surface area contributed by atoms with Crippen LogP contribution in [0.5, 0.6) is 0 Å². The molecule has 0 aromatic heterocycles. The Morgan fingerprint density at radius 2 is 2.15 bits per heavy atom. The van der Waals surface area contributed by atoms with Gasteiger partial charge in [0.2, 0.25) is 5.91 Å². The normalized spacial score (nSPS) is 34.2. The molecule has 1 aromatic carbocycles. The van der Waals surface area contributed by atoms with Crippen LogP contribution in [0.1, 0.15) is 30.7 Å². The van der Waals surface area contributed by atoms with Crippen LogP contribution in [0.2, 0.25) is 0 Å². The number of fused-ring (bicyclic) bond motifs is 5. The minimum atomic E-state index is -0.881. The van der Waals surface area contributed by atoms with Crippen LogP contribution in [0.4, 0.5) is 5.69 Å². The highest BCUT2D eigenvalue weighted by atomic mass is 16.4. The largest absolute Gasteiger partial charge is 0.480 e. The van der Waals surface area contributed by atoms with Gasteiger partial charge in [-0.05, 0) is 24.5 Å². The van der Waals surface area contributed by atoms with E-state index in [1.54, 1.807) is 4.90 Å². The van der Waals surface area contributed by atoms with Crippen molar-refractivity contribution in [1.82, 2.24) is 4.90 Å². The van der Waals surface area contributed by atoms with Crippen molar-refractivity contribution < 1.29 is 14.7 Å². The number of piperidine rings is 1. The van der Waals surface area contributed by atoms with Crippen molar-refractivity contribution in [2.24, 2.45) is 0 Å². The van der Waals surface area contributed by atoms with E-state index in [-0.39, 0.29) is 23.9 Å². The molecule has 1 amide bonds. The first kappa shape index (κ1) is 11.8. The Balaban J connectivity index is 1.76. The van der Waals surface area contributed by atoms with Gasteiger partial charge in [-0.15, -0.1) is 0 Å². The van der Waals surface area contributed by atoms with E-state index in [9.17, 15) is 14.7 Å². The van der Waals surface area contributed by atoms with E-state index >= 15 is 0 Å². The fourth-order valence-corrected chi connectivity index (χ4v) is 4.12. The smallest absolute Gasteiger partial charge is 0.326 e. The molecule has 0 spiro atoms. The van der Waals surface area contributed by atoms with Gasteiger partial charge in [0.1, 0.15) is 6.04 Å². The maximum Gasteiger partial charge on any atom is 0.326 e. The summed E-state index contributed by atoms with van der Waals surface area (Å²) in [6.45, 7) is 0. The van der Waals surface area contributed by atoms with E-state index in [0.29, 0.717) is 12.8 Å². The molecule has 2 saturated heterocycles. The molecular weight excluding hydrogens is 256 g/mol. The molecule has 0 saturated carbocycles. The molecule has 3 aliphatic heterocycles. The standard InChI is InChI=1S/C15H16N2O3/c18-13-6-5-11-14-9(7-12(15(19)20)17(11)13)8-3-1-2-4-10(8)16-14/h1-4,9,11-12,14,16H,5-7H2,(H,19,20)/t9-,11+,12+,14+/m0/s1. The highest BCUT2D eigenvalue weighted by molar-refractivity contribution is 5.86. The molecule has 1 aromatic rings. The summed E-state index contributed by atoms with van der Waals surface area (Å²) >= 11 is 0. The Morgan fingerprint density at radius 1 is 1.35 bits per heavy atom. The van der Waals surface area contributed by atoms with Crippen molar-refractivity contribution in [3.63, 3.8) is 0 Å². The third-order valence-electron chi connectivity index (χ3n) is 4.93. The number of carbonyl (C=O) groups excluding carboxylic acids is 1. The van der Waals surface area contributed by atoms with Crippen LogP contribution >= 0.6 is 0 Å². The molecule has 3 heterocycles. The van der Waals surface area contributed by atoms with Crippen molar-refractivity contribution in [2.45, 2.75) is 43.3 Å². The third kappa shape index (κ3) is 1.43. The molecule has 104 valence electrons. The summed E-state index contributed by atoms with van der Waals surface area (Å²) < 4.78 is 0. The predicted octanol–water partition coefficient (Wildman–Crippen LogP) is 1.41. The van der Waals surface area contributed by atoms with Crippen LogP contribution in [0.25, 0.3) is 0 Å². The average molecular weight is 272 g/mol. The second-order valence-electron chi connectivity index (χ2n) is 5.86. The molecule has 0 radical (unpaired) electrons. The van der Waals surface area contributed by atoms with Crippen LogP contribution in [0.3, 0.4) is 0 Å². The Hall–Kier alpha value is -2.04. The van der Waals surface area contributed by atoms with Crippen LogP contribution in [-0.4, -0.2) is 40.0 Å². The molecule has 0 bridgehead atoms. The number of hydrogen-bond donors (Lipinski definition) is 2. The molecule has 0 aliphatic carbocycles. The number of rotatable bonds is 1. The van der Waals surface area contributed by atoms with Crippen LogP contribution in [0.15, 0.2) is 24.3 Å². The monoisotopic (exact) mass is 272 g/mol. The maximum absolute atomic E-state index is 12.0. The summed E-state index contributed by atoms with van der Waals surface area (Å²) in [5, 5.41) is 13.0. The van der Waals surface area contributed by atoms with Crippen LogP contribution < -0.4 is 5.32 Å². The zero-order valence-corrected chi connectivity index (χ0v) is 11.0. The van der Waals surface area contributed by atoms with Crippen molar-refractivity contribution in [3.05, 3.63) is 29.8 Å². The molecule has 2 N–H and O–H groups in total. The van der Waals surface area contributed by atoms with Gasteiger partial charge >= 0.3 is 5.97 Å². The number of nitrogens with zero attached hydrogens (tertiary/aromatic N) is 1. The molecular formula is C15H16N2O3. The van der Waals surface area contributed by atoms with Crippen LogP contribution in [0, 0.1) is 0 Å². The molecule has 0 unspecified atom stereocenters. The van der Waals surface area contributed by atoms with Gasteiger partial charge in [0.15, 0.2) is 0 Å². The Morgan fingerprint density at radius 3 is 2.95 bits per heavy atom. The SMILES string of the molecule is O=C(O)[C@H]1C[C@H]2c3ccccc3N[C@H]2[C@H]2CCC(=O)N12. The number of hydrogen-bond acceptors (Lipinski definition) is 3. The lowest BCUT2D eigenvalue weighted by molar-refractivity contribution is -0.152. The minimum absolute atomic E-state index is 0.00903. The lowest BCUT2D eigenvalue weighted by Crippen LogP contribution is -2.57. The maximum atomic E-state index is 12.0. The number of nitrogens with one attached hydrogen (secondary N) is 1. The van der Waals surface area contributed by atoms with Gasteiger partial charge in [-0.25, -0.2) is 4.79 Å². The first-order chi connectivity index (χ1) is 9.66. The van der Waals surface area contributed by atoms with Crippen molar-refractivity contribution in [2.75, 3.05) is 5.32 Å². The quantitative estimate of drug-likeness (QED) is 0.811. The van der Waals surface area contributed by atoms with Crippen molar-refractivity contribution in [1.29, 1.82) is 0 Å². The predicted molar refractivity (Wildman–Crippen MR) is 72.5 cm³/mol. The molecule has 4 rings (SSSR count). The number of carbonyl (C=O) groups is 2. The van der Waals surface area contributed by atoms with E-state index < -0.39 is 12.0 Å². The summed E-state index contributed by atoms with van der Waals surface area (Å²) in [5.41, 5.74) is 2.29. The molecule has 2 fully saturated rings. The fraction of sp³-hybridized carbons (Fsp3) is 0.467. The molecule has 20 heavy (non-hydrogen) atoms. The zero-order chi connectivity index (χ0) is 13.9. The first-order valence-electron chi connectivity index (χ1n) is 7.06. The van der Waals surface area contributed by atoms with Gasteiger partial charge < -0.3 is 15.3 Å². The van der Waals surface area contributed by atoms with Gasteiger partial charge in [0, 0.05) is 18.0 Å². The molecule has 5 nitrogen and oxygen atoms in total.